The lowest BCUT2D eigenvalue weighted by molar-refractivity contribution is -0.00799. The van der Waals surface area contributed by atoms with E-state index in [4.69, 9.17) is 4.52 Å². The van der Waals surface area contributed by atoms with Gasteiger partial charge in [0.25, 0.3) is 5.89 Å². The lowest BCUT2D eigenvalue weighted by Gasteiger charge is -2.35. The Kier molecular flexibility index (Phi) is 3.73. The van der Waals surface area contributed by atoms with Gasteiger partial charge in [0.05, 0.1) is 12.1 Å². The number of rotatable bonds is 3. The van der Waals surface area contributed by atoms with Crippen molar-refractivity contribution in [3.8, 4) is 11.5 Å². The van der Waals surface area contributed by atoms with Crippen LogP contribution in [0.5, 0.6) is 0 Å². The van der Waals surface area contributed by atoms with E-state index in [-0.39, 0.29) is 5.82 Å². The fourth-order valence-corrected chi connectivity index (χ4v) is 2.42. The summed E-state index contributed by atoms with van der Waals surface area (Å²) in [5.74, 6) is 0.712. The Balaban J connectivity index is 1.64. The number of piperidine rings is 1. The largest absolute Gasteiger partial charge is 0.390 e. The maximum atomic E-state index is 12.9. The van der Waals surface area contributed by atoms with Crippen LogP contribution in [-0.2, 0) is 6.54 Å². The summed E-state index contributed by atoms with van der Waals surface area (Å²) in [5, 5.41) is 13.9. The van der Waals surface area contributed by atoms with Gasteiger partial charge < -0.3 is 9.63 Å². The highest BCUT2D eigenvalue weighted by molar-refractivity contribution is 5.52. The fourth-order valence-electron chi connectivity index (χ4n) is 2.42. The van der Waals surface area contributed by atoms with Crippen LogP contribution in [0.1, 0.15) is 25.6 Å². The molecule has 2 aromatic rings. The van der Waals surface area contributed by atoms with E-state index in [0.29, 0.717) is 23.8 Å². The second kappa shape index (κ2) is 5.54. The summed E-state index contributed by atoms with van der Waals surface area (Å²) in [6, 6.07) is 5.97. The monoisotopic (exact) mass is 291 g/mol. The van der Waals surface area contributed by atoms with E-state index in [9.17, 15) is 9.50 Å². The molecule has 21 heavy (non-hydrogen) atoms. The van der Waals surface area contributed by atoms with Crippen LogP contribution in [0, 0.1) is 5.82 Å². The zero-order valence-corrected chi connectivity index (χ0v) is 11.9. The average Bonchev–Trinajstić information content (AvgIpc) is 2.91. The second-order valence-electron chi connectivity index (χ2n) is 5.80. The molecule has 5 nitrogen and oxygen atoms in total. The Hall–Kier alpha value is -1.79. The summed E-state index contributed by atoms with van der Waals surface area (Å²) in [4.78, 5) is 6.53. The van der Waals surface area contributed by atoms with Crippen LogP contribution in [0.15, 0.2) is 28.8 Å². The second-order valence-corrected chi connectivity index (χ2v) is 5.80. The standard InChI is InChI=1S/C15H18FN3O2/c1-15(20)6-8-19(9-7-15)10-13-17-14(21-18-13)11-2-4-12(16)5-3-11/h2-5,20H,6-10H2,1H3. The maximum absolute atomic E-state index is 12.9. The number of halogens is 1. The van der Waals surface area contributed by atoms with Gasteiger partial charge in [-0.3, -0.25) is 4.90 Å². The molecule has 0 aliphatic carbocycles. The van der Waals surface area contributed by atoms with Crippen molar-refractivity contribution in [2.45, 2.75) is 31.9 Å². The van der Waals surface area contributed by atoms with E-state index in [1.165, 1.54) is 12.1 Å². The third-order valence-corrected chi connectivity index (χ3v) is 3.86. The van der Waals surface area contributed by atoms with Gasteiger partial charge in [-0.1, -0.05) is 5.16 Å². The van der Waals surface area contributed by atoms with E-state index in [1.54, 1.807) is 12.1 Å². The van der Waals surface area contributed by atoms with Crippen molar-refractivity contribution < 1.29 is 14.0 Å². The summed E-state index contributed by atoms with van der Waals surface area (Å²) < 4.78 is 18.1. The van der Waals surface area contributed by atoms with E-state index in [0.717, 1.165) is 25.9 Å². The molecule has 0 amide bonds. The number of aromatic nitrogens is 2. The molecule has 0 spiro atoms. The first-order valence-corrected chi connectivity index (χ1v) is 7.05. The molecule has 0 bridgehead atoms. The number of hydrogen-bond acceptors (Lipinski definition) is 5. The minimum Gasteiger partial charge on any atom is -0.390 e. The van der Waals surface area contributed by atoms with Crippen molar-refractivity contribution in [1.29, 1.82) is 0 Å². The van der Waals surface area contributed by atoms with Gasteiger partial charge in [0.1, 0.15) is 5.82 Å². The summed E-state index contributed by atoms with van der Waals surface area (Å²) in [7, 11) is 0. The number of nitrogens with zero attached hydrogens (tertiary/aromatic N) is 3. The van der Waals surface area contributed by atoms with Crippen molar-refractivity contribution in [3.63, 3.8) is 0 Å². The van der Waals surface area contributed by atoms with Crippen molar-refractivity contribution >= 4 is 0 Å². The number of benzene rings is 1. The highest BCUT2D eigenvalue weighted by Gasteiger charge is 2.27. The van der Waals surface area contributed by atoms with Crippen molar-refractivity contribution in [3.05, 3.63) is 35.9 Å². The van der Waals surface area contributed by atoms with Gasteiger partial charge in [0.15, 0.2) is 5.82 Å². The Bertz CT molecular complexity index is 600. The third kappa shape index (κ3) is 3.46. The molecule has 0 radical (unpaired) electrons. The van der Waals surface area contributed by atoms with Gasteiger partial charge in [-0.2, -0.15) is 4.98 Å². The molecule has 3 rings (SSSR count). The lowest BCUT2D eigenvalue weighted by atomic mass is 9.94. The number of likely N-dealkylation sites (tertiary alicyclic amines) is 1. The minimum absolute atomic E-state index is 0.293. The molecule has 1 aromatic heterocycles. The summed E-state index contributed by atoms with van der Waals surface area (Å²) in [6.07, 6.45) is 1.49. The van der Waals surface area contributed by atoms with Crippen LogP contribution in [0.25, 0.3) is 11.5 Å². The molecule has 0 atom stereocenters. The molecular formula is C15H18FN3O2. The van der Waals surface area contributed by atoms with Gasteiger partial charge in [0.2, 0.25) is 0 Å². The Morgan fingerprint density at radius 2 is 1.95 bits per heavy atom. The summed E-state index contributed by atoms with van der Waals surface area (Å²) in [6.45, 7) is 4.09. The fraction of sp³-hybridized carbons (Fsp3) is 0.467. The molecule has 1 aliphatic rings. The highest BCUT2D eigenvalue weighted by Crippen LogP contribution is 2.23. The van der Waals surface area contributed by atoms with Crippen LogP contribution < -0.4 is 0 Å². The normalized spacial score (nSPS) is 18.8. The zero-order chi connectivity index (χ0) is 14.9. The molecule has 1 N–H and O–H groups in total. The average molecular weight is 291 g/mol. The molecule has 1 aliphatic heterocycles. The predicted octanol–water partition coefficient (Wildman–Crippen LogP) is 2.22. The zero-order valence-electron chi connectivity index (χ0n) is 11.9. The Morgan fingerprint density at radius 1 is 1.29 bits per heavy atom. The van der Waals surface area contributed by atoms with Crippen LogP contribution in [0.4, 0.5) is 4.39 Å². The van der Waals surface area contributed by atoms with Crippen LogP contribution in [0.3, 0.4) is 0 Å². The molecule has 0 unspecified atom stereocenters. The van der Waals surface area contributed by atoms with Gasteiger partial charge >= 0.3 is 0 Å². The lowest BCUT2D eigenvalue weighted by Crippen LogP contribution is -2.42. The highest BCUT2D eigenvalue weighted by atomic mass is 19.1. The number of aliphatic hydroxyl groups is 1. The first kappa shape index (κ1) is 14.2. The SMILES string of the molecule is CC1(O)CCN(Cc2noc(-c3ccc(F)cc3)n2)CC1. The van der Waals surface area contributed by atoms with Gasteiger partial charge in [-0.25, -0.2) is 4.39 Å². The van der Waals surface area contributed by atoms with Crippen LogP contribution in [0.2, 0.25) is 0 Å². The first-order valence-electron chi connectivity index (χ1n) is 7.05. The van der Waals surface area contributed by atoms with E-state index < -0.39 is 5.60 Å². The van der Waals surface area contributed by atoms with Crippen LogP contribution in [-0.4, -0.2) is 38.8 Å². The van der Waals surface area contributed by atoms with E-state index in [2.05, 4.69) is 15.0 Å². The van der Waals surface area contributed by atoms with Crippen molar-refractivity contribution in [2.75, 3.05) is 13.1 Å². The van der Waals surface area contributed by atoms with Gasteiger partial charge in [-0.05, 0) is 44.0 Å². The molecule has 1 aromatic carbocycles. The quantitative estimate of drug-likeness (QED) is 0.939. The van der Waals surface area contributed by atoms with E-state index >= 15 is 0 Å². The Morgan fingerprint density at radius 3 is 2.62 bits per heavy atom. The van der Waals surface area contributed by atoms with Crippen molar-refractivity contribution in [1.82, 2.24) is 15.0 Å². The molecule has 6 heteroatoms. The van der Waals surface area contributed by atoms with Crippen LogP contribution >= 0.6 is 0 Å². The topological polar surface area (TPSA) is 62.4 Å². The number of hydrogen-bond donors (Lipinski definition) is 1. The predicted molar refractivity (Wildman–Crippen MR) is 74.8 cm³/mol. The minimum atomic E-state index is -0.562. The van der Waals surface area contributed by atoms with Crippen molar-refractivity contribution in [2.24, 2.45) is 0 Å². The molecule has 1 saturated heterocycles. The Labute approximate surface area is 122 Å². The third-order valence-electron chi connectivity index (χ3n) is 3.86. The molecule has 112 valence electrons. The first-order chi connectivity index (χ1) is 10.0. The molecule has 1 fully saturated rings. The van der Waals surface area contributed by atoms with E-state index in [1.807, 2.05) is 6.92 Å². The van der Waals surface area contributed by atoms with Gasteiger partial charge in [-0.15, -0.1) is 0 Å². The molecule has 0 saturated carbocycles. The summed E-state index contributed by atoms with van der Waals surface area (Å²) in [5.41, 5.74) is 0.143. The molecule has 2 heterocycles. The summed E-state index contributed by atoms with van der Waals surface area (Å²) >= 11 is 0. The van der Waals surface area contributed by atoms with Gasteiger partial charge in [0, 0.05) is 18.7 Å². The maximum Gasteiger partial charge on any atom is 0.257 e. The molecular weight excluding hydrogens is 273 g/mol. The smallest absolute Gasteiger partial charge is 0.257 e.